The summed E-state index contributed by atoms with van der Waals surface area (Å²) in [6.45, 7) is 4.14. The number of thioether (sulfide) groups is 1. The fourth-order valence-electron chi connectivity index (χ4n) is 4.49. The lowest BCUT2D eigenvalue weighted by Crippen LogP contribution is -2.37. The summed E-state index contributed by atoms with van der Waals surface area (Å²) in [5.41, 5.74) is 3.29. The molecule has 2 aliphatic rings. The number of amides is 1. The molecular weight excluding hydrogens is 526 g/mol. The van der Waals surface area contributed by atoms with Gasteiger partial charge in [0.05, 0.1) is 35.5 Å². The number of rotatable bonds is 6. The molecule has 0 bridgehead atoms. The van der Waals surface area contributed by atoms with Gasteiger partial charge in [-0.15, -0.1) is 0 Å². The van der Waals surface area contributed by atoms with Crippen LogP contribution in [0.1, 0.15) is 38.2 Å². The molecule has 1 aliphatic heterocycles. The van der Waals surface area contributed by atoms with E-state index in [0.717, 1.165) is 15.7 Å². The topological polar surface area (TPSA) is 91.2 Å². The number of allylic oxidation sites excluding steroid dienone is 3. The Morgan fingerprint density at radius 1 is 1.20 bits per heavy atom. The van der Waals surface area contributed by atoms with Crippen LogP contribution in [-0.4, -0.2) is 24.6 Å². The molecule has 2 aromatic rings. The highest BCUT2D eigenvalue weighted by atomic mass is 79.9. The van der Waals surface area contributed by atoms with E-state index < -0.39 is 5.92 Å². The molecule has 4 rings (SSSR count). The van der Waals surface area contributed by atoms with E-state index >= 15 is 0 Å². The molecule has 0 spiro atoms. The van der Waals surface area contributed by atoms with Crippen LogP contribution in [0.3, 0.4) is 0 Å². The summed E-state index contributed by atoms with van der Waals surface area (Å²) in [4.78, 5) is 25.9. The molecule has 0 fully saturated rings. The van der Waals surface area contributed by atoms with Crippen LogP contribution < -0.4 is 15.4 Å². The Balaban J connectivity index is 1.64. The molecule has 0 saturated carbocycles. The largest absolute Gasteiger partial charge is 0.497 e. The van der Waals surface area contributed by atoms with E-state index in [1.165, 1.54) is 11.8 Å². The lowest BCUT2D eigenvalue weighted by atomic mass is 9.69. The van der Waals surface area contributed by atoms with E-state index in [9.17, 15) is 14.9 Å². The summed E-state index contributed by atoms with van der Waals surface area (Å²) in [5.74, 6) is 0.218. The summed E-state index contributed by atoms with van der Waals surface area (Å²) in [6, 6.07) is 17.1. The van der Waals surface area contributed by atoms with Crippen LogP contribution in [0.25, 0.3) is 0 Å². The van der Waals surface area contributed by atoms with Crippen molar-refractivity contribution in [3.63, 3.8) is 0 Å². The smallest absolute Gasteiger partial charge is 0.234 e. The van der Waals surface area contributed by atoms with Crippen LogP contribution >= 0.6 is 27.7 Å². The first kappa shape index (κ1) is 25.1. The van der Waals surface area contributed by atoms with Gasteiger partial charge < -0.3 is 15.4 Å². The Morgan fingerprint density at radius 2 is 1.89 bits per heavy atom. The van der Waals surface area contributed by atoms with Gasteiger partial charge in [-0.25, -0.2) is 0 Å². The average Bonchev–Trinajstić information content (AvgIpc) is 2.82. The monoisotopic (exact) mass is 551 g/mol. The van der Waals surface area contributed by atoms with Gasteiger partial charge in [0, 0.05) is 27.9 Å². The van der Waals surface area contributed by atoms with Gasteiger partial charge in [0.1, 0.15) is 5.75 Å². The highest BCUT2D eigenvalue weighted by Crippen LogP contribution is 2.48. The van der Waals surface area contributed by atoms with Gasteiger partial charge >= 0.3 is 0 Å². The molecule has 1 amide bonds. The third kappa shape index (κ3) is 5.63. The van der Waals surface area contributed by atoms with E-state index in [1.807, 2.05) is 48.5 Å². The van der Waals surface area contributed by atoms with Crippen LogP contribution in [0.4, 0.5) is 5.69 Å². The first-order chi connectivity index (χ1) is 16.7. The zero-order chi connectivity index (χ0) is 25.2. The minimum Gasteiger partial charge on any atom is -0.497 e. The van der Waals surface area contributed by atoms with Crippen molar-refractivity contribution in [1.82, 2.24) is 5.32 Å². The first-order valence-corrected chi connectivity index (χ1v) is 13.0. The number of hydrogen-bond acceptors (Lipinski definition) is 6. The number of methoxy groups -OCH3 is 1. The van der Waals surface area contributed by atoms with E-state index in [0.29, 0.717) is 40.5 Å². The molecule has 1 aliphatic carbocycles. The number of anilines is 1. The number of nitrogens with one attached hydrogen (secondary N) is 2. The molecule has 2 aromatic carbocycles. The normalized spacial score (nSPS) is 18.9. The number of hydrogen-bond donors (Lipinski definition) is 2. The van der Waals surface area contributed by atoms with Gasteiger partial charge in [0.25, 0.3) is 0 Å². The molecule has 0 saturated heterocycles. The highest BCUT2D eigenvalue weighted by Gasteiger charge is 2.41. The van der Waals surface area contributed by atoms with Crippen LogP contribution in [-0.2, 0) is 9.59 Å². The number of ketones is 1. The second kappa shape index (κ2) is 10.3. The SMILES string of the molecule is COc1ccc([C@H]2C(C#N)=C(SCC(=O)Nc3ccc(Br)cc3)NC3=C2C(=O)CC(C)(C)C3)cc1. The van der Waals surface area contributed by atoms with Gasteiger partial charge in [-0.05, 0) is 53.8 Å². The molecule has 8 heteroatoms. The van der Waals surface area contributed by atoms with E-state index in [1.54, 1.807) is 7.11 Å². The molecule has 6 nitrogen and oxygen atoms in total. The van der Waals surface area contributed by atoms with E-state index in [4.69, 9.17) is 4.74 Å². The summed E-state index contributed by atoms with van der Waals surface area (Å²) < 4.78 is 6.22. The number of carbonyl (C=O) groups is 2. The van der Waals surface area contributed by atoms with Gasteiger partial charge in [0.2, 0.25) is 5.91 Å². The van der Waals surface area contributed by atoms with Crippen molar-refractivity contribution in [1.29, 1.82) is 5.26 Å². The van der Waals surface area contributed by atoms with Gasteiger partial charge in [-0.3, -0.25) is 9.59 Å². The maximum atomic E-state index is 13.3. The van der Waals surface area contributed by atoms with E-state index in [2.05, 4.69) is 46.5 Å². The minimum atomic E-state index is -0.484. The van der Waals surface area contributed by atoms with Crippen molar-refractivity contribution in [2.45, 2.75) is 32.6 Å². The maximum Gasteiger partial charge on any atom is 0.234 e. The number of Topliss-reactive ketones (excluding diaryl/α,β-unsaturated/α-hetero) is 1. The van der Waals surface area contributed by atoms with E-state index in [-0.39, 0.29) is 22.9 Å². The van der Waals surface area contributed by atoms with Crippen LogP contribution in [0.2, 0.25) is 0 Å². The third-order valence-corrected chi connectivity index (χ3v) is 7.60. The highest BCUT2D eigenvalue weighted by molar-refractivity contribution is 9.10. The first-order valence-electron chi connectivity index (χ1n) is 11.2. The minimum absolute atomic E-state index is 0.0503. The number of benzene rings is 2. The zero-order valence-corrected chi connectivity index (χ0v) is 22.2. The predicted octanol–water partition coefficient (Wildman–Crippen LogP) is 5.89. The molecule has 1 heterocycles. The maximum absolute atomic E-state index is 13.3. The van der Waals surface area contributed by atoms with Crippen molar-refractivity contribution >= 4 is 45.1 Å². The molecular formula is C27H26BrN3O3S. The summed E-state index contributed by atoms with van der Waals surface area (Å²) in [5, 5.41) is 17.0. The second-order valence-electron chi connectivity index (χ2n) is 9.36. The molecule has 1 atom stereocenters. The molecule has 0 unspecified atom stereocenters. The summed E-state index contributed by atoms with van der Waals surface area (Å²) in [7, 11) is 1.60. The average molecular weight is 552 g/mol. The third-order valence-electron chi connectivity index (χ3n) is 6.05. The van der Waals surface area contributed by atoms with Crippen LogP contribution in [0.15, 0.2) is 74.9 Å². The van der Waals surface area contributed by atoms with Crippen LogP contribution in [0.5, 0.6) is 5.75 Å². The zero-order valence-electron chi connectivity index (χ0n) is 19.8. The van der Waals surface area contributed by atoms with Crippen molar-refractivity contribution in [3.05, 3.63) is 80.4 Å². The van der Waals surface area contributed by atoms with Crippen molar-refractivity contribution in [2.75, 3.05) is 18.2 Å². The standard InChI is InChI=1S/C27H26BrN3O3S/c1-27(2)12-21-25(22(32)13-27)24(16-4-10-19(34-3)11-5-16)20(14-29)26(31-21)35-15-23(33)30-18-8-6-17(28)7-9-18/h4-11,24,31H,12-13,15H2,1-3H3,(H,30,33)/t24-/m0/s1. The number of ether oxygens (including phenoxy) is 1. The number of nitriles is 1. The fourth-order valence-corrected chi connectivity index (χ4v) is 5.61. The molecule has 180 valence electrons. The van der Waals surface area contributed by atoms with Gasteiger partial charge in [-0.1, -0.05) is 53.7 Å². The molecule has 35 heavy (non-hydrogen) atoms. The fraction of sp³-hybridized carbons (Fsp3) is 0.296. The number of dihydropyridines is 1. The predicted molar refractivity (Wildman–Crippen MR) is 142 cm³/mol. The van der Waals surface area contributed by atoms with Crippen molar-refractivity contribution in [3.8, 4) is 11.8 Å². The quantitative estimate of drug-likeness (QED) is 0.464. The number of carbonyl (C=O) groups excluding carboxylic acids is 2. The Bertz CT molecular complexity index is 1260. The van der Waals surface area contributed by atoms with Gasteiger partial charge in [0.15, 0.2) is 5.78 Å². The summed E-state index contributed by atoms with van der Waals surface area (Å²) >= 11 is 4.66. The lowest BCUT2D eigenvalue weighted by molar-refractivity contribution is -0.118. The Hall–Kier alpha value is -3.02. The molecule has 0 aromatic heterocycles. The lowest BCUT2D eigenvalue weighted by Gasteiger charge is -2.39. The molecule has 2 N–H and O–H groups in total. The summed E-state index contributed by atoms with van der Waals surface area (Å²) in [6.07, 6.45) is 1.12. The number of nitrogens with zero attached hydrogens (tertiary/aromatic N) is 1. The van der Waals surface area contributed by atoms with Crippen LogP contribution in [0, 0.1) is 16.7 Å². The van der Waals surface area contributed by atoms with Gasteiger partial charge in [-0.2, -0.15) is 5.26 Å². The van der Waals surface area contributed by atoms with Crippen molar-refractivity contribution < 1.29 is 14.3 Å². The Morgan fingerprint density at radius 3 is 2.51 bits per heavy atom. The Labute approximate surface area is 217 Å². The Kier molecular flexibility index (Phi) is 7.39. The molecule has 0 radical (unpaired) electrons. The second-order valence-corrected chi connectivity index (χ2v) is 11.3. The number of halogens is 1. The van der Waals surface area contributed by atoms with Crippen molar-refractivity contribution in [2.24, 2.45) is 5.41 Å².